The SMILES string of the molecule is OC[C@H]1O[C@@H](n2cnc3c(NCc4ccc(Cl)s4)ncnc32)[C@H](O)[C@@H]1O. The Kier molecular flexibility index (Phi) is 4.78. The average molecular weight is 398 g/mol. The summed E-state index contributed by atoms with van der Waals surface area (Å²) in [4.78, 5) is 13.8. The van der Waals surface area contributed by atoms with Crippen molar-refractivity contribution in [2.24, 2.45) is 0 Å². The number of imidazole rings is 1. The maximum Gasteiger partial charge on any atom is 0.167 e. The summed E-state index contributed by atoms with van der Waals surface area (Å²) < 4.78 is 7.77. The Bertz CT molecular complexity index is 918. The molecule has 4 N–H and O–H groups in total. The van der Waals surface area contributed by atoms with Gasteiger partial charge in [-0.1, -0.05) is 11.6 Å². The predicted octanol–water partition coefficient (Wildman–Crippen LogP) is 0.765. The van der Waals surface area contributed by atoms with Gasteiger partial charge in [-0.2, -0.15) is 0 Å². The van der Waals surface area contributed by atoms with Crippen LogP contribution in [0.2, 0.25) is 4.34 Å². The molecular formula is C15H16ClN5O4S. The van der Waals surface area contributed by atoms with E-state index in [1.165, 1.54) is 28.6 Å². The van der Waals surface area contributed by atoms with Crippen LogP contribution in [0, 0.1) is 0 Å². The molecule has 138 valence electrons. The van der Waals surface area contributed by atoms with Gasteiger partial charge in [0, 0.05) is 4.88 Å². The lowest BCUT2D eigenvalue weighted by atomic mass is 10.1. The van der Waals surface area contributed by atoms with Gasteiger partial charge in [-0.3, -0.25) is 4.57 Å². The second kappa shape index (κ2) is 7.06. The molecule has 0 amide bonds. The Hall–Kier alpha value is -1.82. The zero-order valence-corrected chi connectivity index (χ0v) is 14.9. The summed E-state index contributed by atoms with van der Waals surface area (Å²) in [7, 11) is 0. The zero-order chi connectivity index (χ0) is 18.3. The standard InChI is InChI=1S/C15H16ClN5O4S/c16-9-2-1-7(26-9)3-17-13-10-14(19-5-18-13)21(6-20-10)15-12(24)11(23)8(4-22)25-15/h1-2,5-6,8,11-12,15,22-24H,3-4H2,(H,17,18,19)/t8-,11-,12-,15-/m1/s1. The number of ether oxygens (including phenoxy) is 1. The fourth-order valence-corrected chi connectivity index (χ4v) is 3.92. The summed E-state index contributed by atoms with van der Waals surface area (Å²) in [6, 6.07) is 3.76. The van der Waals surface area contributed by atoms with E-state index >= 15 is 0 Å². The van der Waals surface area contributed by atoms with Gasteiger partial charge in [0.1, 0.15) is 24.6 Å². The Morgan fingerprint density at radius 3 is 2.77 bits per heavy atom. The molecule has 26 heavy (non-hydrogen) atoms. The maximum absolute atomic E-state index is 10.2. The summed E-state index contributed by atoms with van der Waals surface area (Å²) in [5.41, 5.74) is 0.953. The normalized spacial score (nSPS) is 25.8. The molecule has 0 aliphatic carbocycles. The summed E-state index contributed by atoms with van der Waals surface area (Å²) in [5, 5.41) is 32.6. The fraction of sp³-hybridized carbons (Fsp3) is 0.400. The summed E-state index contributed by atoms with van der Waals surface area (Å²) in [5.74, 6) is 0.532. The van der Waals surface area contributed by atoms with Crippen LogP contribution >= 0.6 is 22.9 Å². The first-order chi connectivity index (χ1) is 12.6. The Balaban J connectivity index is 1.61. The van der Waals surface area contributed by atoms with Crippen molar-refractivity contribution in [3.8, 4) is 0 Å². The molecule has 1 fully saturated rings. The minimum atomic E-state index is -1.20. The number of anilines is 1. The quantitative estimate of drug-likeness (QED) is 0.497. The van der Waals surface area contributed by atoms with E-state index in [1.807, 2.05) is 12.1 Å². The van der Waals surface area contributed by atoms with E-state index < -0.39 is 31.1 Å². The van der Waals surface area contributed by atoms with Gasteiger partial charge in [0.2, 0.25) is 0 Å². The molecule has 3 aromatic heterocycles. The van der Waals surface area contributed by atoms with E-state index in [-0.39, 0.29) is 0 Å². The van der Waals surface area contributed by atoms with Crippen molar-refractivity contribution in [3.05, 3.63) is 34.0 Å². The minimum Gasteiger partial charge on any atom is -0.394 e. The molecule has 11 heteroatoms. The third kappa shape index (κ3) is 3.04. The highest BCUT2D eigenvalue weighted by Gasteiger charge is 2.44. The molecule has 0 aromatic carbocycles. The first kappa shape index (κ1) is 17.6. The van der Waals surface area contributed by atoms with Crippen molar-refractivity contribution < 1.29 is 20.1 Å². The van der Waals surface area contributed by atoms with Gasteiger partial charge in [-0.15, -0.1) is 11.3 Å². The molecule has 0 bridgehead atoms. The Morgan fingerprint density at radius 2 is 2.08 bits per heavy atom. The predicted molar refractivity (Wildman–Crippen MR) is 95.0 cm³/mol. The highest BCUT2D eigenvalue weighted by molar-refractivity contribution is 7.16. The number of aliphatic hydroxyl groups excluding tert-OH is 3. The molecule has 0 saturated carbocycles. The van der Waals surface area contributed by atoms with Crippen LogP contribution in [0.1, 0.15) is 11.1 Å². The van der Waals surface area contributed by atoms with Crippen molar-refractivity contribution in [3.63, 3.8) is 0 Å². The maximum atomic E-state index is 10.2. The molecule has 0 unspecified atom stereocenters. The average Bonchev–Trinajstić information content (AvgIpc) is 3.32. The largest absolute Gasteiger partial charge is 0.394 e. The molecule has 0 radical (unpaired) electrons. The third-order valence-corrected chi connectivity index (χ3v) is 5.44. The molecule has 3 aromatic rings. The topological polar surface area (TPSA) is 126 Å². The van der Waals surface area contributed by atoms with Gasteiger partial charge >= 0.3 is 0 Å². The van der Waals surface area contributed by atoms with Gasteiger partial charge in [0.25, 0.3) is 0 Å². The molecule has 1 aliphatic heterocycles. The zero-order valence-electron chi connectivity index (χ0n) is 13.4. The van der Waals surface area contributed by atoms with Gasteiger partial charge in [0.05, 0.1) is 23.8 Å². The molecule has 4 rings (SSSR count). The number of aliphatic hydroxyl groups is 3. The van der Waals surface area contributed by atoms with Gasteiger partial charge in [-0.25, -0.2) is 15.0 Å². The van der Waals surface area contributed by atoms with Gasteiger partial charge < -0.3 is 25.4 Å². The molecule has 4 atom stereocenters. The Morgan fingerprint density at radius 1 is 1.23 bits per heavy atom. The first-order valence-electron chi connectivity index (χ1n) is 7.86. The van der Waals surface area contributed by atoms with Crippen molar-refractivity contribution >= 4 is 39.9 Å². The van der Waals surface area contributed by atoms with Crippen molar-refractivity contribution in [2.75, 3.05) is 11.9 Å². The van der Waals surface area contributed by atoms with Crippen molar-refractivity contribution in [1.82, 2.24) is 19.5 Å². The number of rotatable bonds is 5. The highest BCUT2D eigenvalue weighted by atomic mass is 35.5. The smallest absolute Gasteiger partial charge is 0.167 e. The lowest BCUT2D eigenvalue weighted by Crippen LogP contribution is -2.33. The second-order valence-corrected chi connectivity index (χ2v) is 7.63. The number of nitrogens with zero attached hydrogens (tertiary/aromatic N) is 4. The summed E-state index contributed by atoms with van der Waals surface area (Å²) in [6.45, 7) is 0.136. The van der Waals surface area contributed by atoms with E-state index in [0.29, 0.717) is 27.9 Å². The van der Waals surface area contributed by atoms with E-state index in [2.05, 4.69) is 20.3 Å². The molecule has 1 saturated heterocycles. The van der Waals surface area contributed by atoms with Crippen LogP contribution in [-0.2, 0) is 11.3 Å². The summed E-state index contributed by atoms with van der Waals surface area (Å²) >= 11 is 7.41. The first-order valence-corrected chi connectivity index (χ1v) is 9.06. The number of nitrogens with one attached hydrogen (secondary N) is 1. The van der Waals surface area contributed by atoms with E-state index in [0.717, 1.165) is 4.88 Å². The van der Waals surface area contributed by atoms with Crippen LogP contribution in [0.5, 0.6) is 0 Å². The van der Waals surface area contributed by atoms with Gasteiger partial charge in [0.15, 0.2) is 23.2 Å². The molecular weight excluding hydrogens is 382 g/mol. The molecule has 9 nitrogen and oxygen atoms in total. The molecule has 1 aliphatic rings. The minimum absolute atomic E-state index is 0.396. The highest BCUT2D eigenvalue weighted by Crippen LogP contribution is 2.32. The Labute approximate surface area is 156 Å². The summed E-state index contributed by atoms with van der Waals surface area (Å²) in [6.07, 6.45) is -1.31. The number of aromatic nitrogens is 4. The number of hydrogen-bond acceptors (Lipinski definition) is 9. The van der Waals surface area contributed by atoms with Gasteiger partial charge in [-0.05, 0) is 12.1 Å². The monoisotopic (exact) mass is 397 g/mol. The number of hydrogen-bond donors (Lipinski definition) is 4. The lowest BCUT2D eigenvalue weighted by Gasteiger charge is -2.16. The van der Waals surface area contributed by atoms with E-state index in [1.54, 1.807) is 0 Å². The fourth-order valence-electron chi connectivity index (χ4n) is 2.89. The third-order valence-electron chi connectivity index (χ3n) is 4.21. The van der Waals surface area contributed by atoms with E-state index in [9.17, 15) is 15.3 Å². The number of halogens is 1. The number of fused-ring (bicyclic) bond motifs is 1. The molecule has 0 spiro atoms. The van der Waals surface area contributed by atoms with Crippen LogP contribution in [0.15, 0.2) is 24.8 Å². The van der Waals surface area contributed by atoms with Crippen LogP contribution in [-0.4, -0.2) is 59.8 Å². The van der Waals surface area contributed by atoms with Crippen LogP contribution < -0.4 is 5.32 Å². The van der Waals surface area contributed by atoms with Crippen molar-refractivity contribution in [1.29, 1.82) is 0 Å². The van der Waals surface area contributed by atoms with Crippen LogP contribution in [0.4, 0.5) is 5.82 Å². The van der Waals surface area contributed by atoms with Crippen LogP contribution in [0.3, 0.4) is 0 Å². The van der Waals surface area contributed by atoms with Crippen molar-refractivity contribution in [2.45, 2.75) is 31.1 Å². The second-order valence-electron chi connectivity index (χ2n) is 5.83. The number of thiophene rings is 1. The van der Waals surface area contributed by atoms with Crippen LogP contribution in [0.25, 0.3) is 11.2 Å². The lowest BCUT2D eigenvalue weighted by molar-refractivity contribution is -0.0511. The van der Waals surface area contributed by atoms with E-state index in [4.69, 9.17) is 16.3 Å². The molecule has 4 heterocycles.